The highest BCUT2D eigenvalue weighted by molar-refractivity contribution is 5.87. The van der Waals surface area contributed by atoms with E-state index in [9.17, 15) is 9.18 Å². The van der Waals surface area contributed by atoms with Gasteiger partial charge in [-0.15, -0.1) is 0 Å². The summed E-state index contributed by atoms with van der Waals surface area (Å²) in [6.45, 7) is 1.63. The van der Waals surface area contributed by atoms with E-state index in [-0.39, 0.29) is 11.4 Å². The summed E-state index contributed by atoms with van der Waals surface area (Å²) in [6.07, 6.45) is 0. The van der Waals surface area contributed by atoms with Crippen LogP contribution in [0.1, 0.15) is 16.1 Å². The van der Waals surface area contributed by atoms with E-state index in [0.717, 1.165) is 0 Å². The molecule has 1 N–H and O–H groups in total. The molecule has 2 rings (SSSR count). The largest absolute Gasteiger partial charge is 0.493 e. The predicted molar refractivity (Wildman–Crippen MR) is 66.9 cm³/mol. The summed E-state index contributed by atoms with van der Waals surface area (Å²) in [5.41, 5.74) is 1.31. The summed E-state index contributed by atoms with van der Waals surface area (Å²) in [5.74, 6) is -1.51. The van der Waals surface area contributed by atoms with E-state index in [1.54, 1.807) is 26.1 Å². The molecule has 0 unspecified atom stereocenters. The highest BCUT2D eigenvalue weighted by Gasteiger charge is 2.18. The Labute approximate surface area is 109 Å². The van der Waals surface area contributed by atoms with Gasteiger partial charge in [0.05, 0.1) is 12.8 Å². The lowest BCUT2D eigenvalue weighted by atomic mass is 10.1. The number of rotatable bonds is 3. The van der Waals surface area contributed by atoms with Crippen molar-refractivity contribution in [3.8, 4) is 17.0 Å². The maximum Gasteiger partial charge on any atom is 0.356 e. The van der Waals surface area contributed by atoms with Crippen molar-refractivity contribution in [1.82, 2.24) is 9.78 Å². The van der Waals surface area contributed by atoms with Gasteiger partial charge in [0.1, 0.15) is 0 Å². The monoisotopic (exact) mass is 264 g/mol. The van der Waals surface area contributed by atoms with Crippen LogP contribution < -0.4 is 4.74 Å². The van der Waals surface area contributed by atoms with E-state index in [1.165, 1.54) is 17.9 Å². The van der Waals surface area contributed by atoms with Crippen LogP contribution in [0.15, 0.2) is 18.2 Å². The second-order valence-electron chi connectivity index (χ2n) is 4.12. The highest BCUT2D eigenvalue weighted by atomic mass is 19.1. The van der Waals surface area contributed by atoms with Crippen molar-refractivity contribution in [3.05, 3.63) is 35.3 Å². The van der Waals surface area contributed by atoms with Crippen molar-refractivity contribution >= 4 is 5.97 Å². The Bertz CT molecular complexity index is 650. The third-order valence-corrected chi connectivity index (χ3v) is 2.87. The molecule has 0 aliphatic carbocycles. The molecule has 0 radical (unpaired) electrons. The van der Waals surface area contributed by atoms with Gasteiger partial charge < -0.3 is 9.84 Å². The number of carboxylic acids is 1. The molecule has 0 aliphatic rings. The van der Waals surface area contributed by atoms with E-state index in [2.05, 4.69) is 5.10 Å². The van der Waals surface area contributed by atoms with Gasteiger partial charge in [-0.25, -0.2) is 9.18 Å². The lowest BCUT2D eigenvalue weighted by molar-refractivity contribution is 0.0689. The zero-order valence-electron chi connectivity index (χ0n) is 10.8. The fraction of sp³-hybridized carbons (Fsp3) is 0.231. The average Bonchev–Trinajstić information content (AvgIpc) is 2.75. The number of nitrogens with zero attached hydrogens (tertiary/aromatic N) is 2. The van der Waals surface area contributed by atoms with Crippen molar-refractivity contribution < 1.29 is 19.0 Å². The number of carboxylic acid groups (broad SMARTS) is 1. The van der Waals surface area contributed by atoms with Crippen molar-refractivity contribution in [2.75, 3.05) is 7.11 Å². The van der Waals surface area contributed by atoms with Crippen LogP contribution in [0, 0.1) is 12.7 Å². The van der Waals surface area contributed by atoms with Crippen molar-refractivity contribution in [3.63, 3.8) is 0 Å². The number of aromatic carboxylic acids is 1. The molecule has 1 heterocycles. The zero-order chi connectivity index (χ0) is 14.2. The number of methoxy groups -OCH3 is 1. The standard InChI is InChI=1S/C13H13FN2O3/c1-7-4-5-8(12(19-3)11(7)14)10-6-9(13(17)18)15-16(10)2/h4-6H,1-3H3,(H,17,18). The minimum absolute atomic E-state index is 0.0833. The fourth-order valence-corrected chi connectivity index (χ4v) is 1.88. The lowest BCUT2D eigenvalue weighted by Crippen LogP contribution is -2.00. The molecule has 0 saturated carbocycles. The molecule has 0 aliphatic heterocycles. The molecule has 0 fully saturated rings. The Morgan fingerprint density at radius 2 is 2.16 bits per heavy atom. The summed E-state index contributed by atoms with van der Waals surface area (Å²) in [5, 5.41) is 12.8. The Morgan fingerprint density at radius 3 is 2.68 bits per heavy atom. The number of hydrogen-bond acceptors (Lipinski definition) is 3. The molecule has 1 aromatic heterocycles. The van der Waals surface area contributed by atoms with Crippen molar-refractivity contribution in [2.24, 2.45) is 7.05 Å². The summed E-state index contributed by atoms with van der Waals surface area (Å²) >= 11 is 0. The third-order valence-electron chi connectivity index (χ3n) is 2.87. The average molecular weight is 264 g/mol. The molecule has 19 heavy (non-hydrogen) atoms. The van der Waals surface area contributed by atoms with Gasteiger partial charge in [0, 0.05) is 12.6 Å². The van der Waals surface area contributed by atoms with Gasteiger partial charge in [-0.2, -0.15) is 5.10 Å². The Balaban J connectivity index is 2.65. The highest BCUT2D eigenvalue weighted by Crippen LogP contribution is 2.33. The molecule has 2 aromatic rings. The van der Waals surface area contributed by atoms with Crippen molar-refractivity contribution in [1.29, 1.82) is 0 Å². The van der Waals surface area contributed by atoms with Gasteiger partial charge in [0.2, 0.25) is 0 Å². The SMILES string of the molecule is COc1c(-c2cc(C(=O)O)nn2C)ccc(C)c1F. The van der Waals surface area contributed by atoms with Crippen LogP contribution in [0.2, 0.25) is 0 Å². The number of hydrogen-bond donors (Lipinski definition) is 1. The topological polar surface area (TPSA) is 64.3 Å². The van der Waals surface area contributed by atoms with Crippen LogP contribution in [-0.4, -0.2) is 28.0 Å². The number of halogens is 1. The molecule has 0 atom stereocenters. The molecule has 0 saturated heterocycles. The Kier molecular flexibility index (Phi) is 3.25. The van der Waals surface area contributed by atoms with Gasteiger partial charge in [-0.1, -0.05) is 6.07 Å². The molecule has 5 nitrogen and oxygen atoms in total. The lowest BCUT2D eigenvalue weighted by Gasteiger charge is -2.11. The van der Waals surface area contributed by atoms with Crippen LogP contribution in [0.4, 0.5) is 4.39 Å². The first-order chi connectivity index (χ1) is 8.95. The smallest absolute Gasteiger partial charge is 0.356 e. The van der Waals surface area contributed by atoms with E-state index < -0.39 is 11.8 Å². The molecule has 1 aromatic carbocycles. The van der Waals surface area contributed by atoms with Gasteiger partial charge >= 0.3 is 5.97 Å². The number of aryl methyl sites for hydroxylation is 2. The van der Waals surface area contributed by atoms with Crippen LogP contribution in [0.3, 0.4) is 0 Å². The second kappa shape index (κ2) is 4.72. The molecule has 100 valence electrons. The second-order valence-corrected chi connectivity index (χ2v) is 4.12. The first kappa shape index (κ1) is 13.1. The summed E-state index contributed by atoms with van der Waals surface area (Å²) in [7, 11) is 2.97. The van der Waals surface area contributed by atoms with Crippen molar-refractivity contribution in [2.45, 2.75) is 6.92 Å². The van der Waals surface area contributed by atoms with E-state index in [1.807, 2.05) is 0 Å². The minimum atomic E-state index is -1.13. The quantitative estimate of drug-likeness (QED) is 0.923. The summed E-state index contributed by atoms with van der Waals surface area (Å²) < 4.78 is 20.4. The predicted octanol–water partition coefficient (Wildman–Crippen LogP) is 2.24. The van der Waals surface area contributed by atoms with Crippen LogP contribution >= 0.6 is 0 Å². The number of carbonyl (C=O) groups is 1. The van der Waals surface area contributed by atoms with Crippen LogP contribution in [-0.2, 0) is 7.05 Å². The summed E-state index contributed by atoms with van der Waals surface area (Å²) in [6, 6.07) is 4.68. The molecular weight excluding hydrogens is 251 g/mol. The van der Waals surface area contributed by atoms with E-state index >= 15 is 0 Å². The molecule has 0 bridgehead atoms. The Morgan fingerprint density at radius 1 is 1.47 bits per heavy atom. The third kappa shape index (κ3) is 2.16. The first-order valence-corrected chi connectivity index (χ1v) is 5.56. The number of aromatic nitrogens is 2. The maximum atomic E-state index is 14.0. The fourth-order valence-electron chi connectivity index (χ4n) is 1.88. The van der Waals surface area contributed by atoms with Crippen LogP contribution in [0.25, 0.3) is 11.3 Å². The van der Waals surface area contributed by atoms with Crippen LogP contribution in [0.5, 0.6) is 5.75 Å². The van der Waals surface area contributed by atoms with E-state index in [0.29, 0.717) is 16.8 Å². The number of benzene rings is 1. The zero-order valence-corrected chi connectivity index (χ0v) is 10.8. The van der Waals surface area contributed by atoms with Gasteiger partial charge in [0.15, 0.2) is 17.3 Å². The van der Waals surface area contributed by atoms with Gasteiger partial charge in [0.25, 0.3) is 0 Å². The Hall–Kier alpha value is -2.37. The van der Waals surface area contributed by atoms with Gasteiger partial charge in [-0.05, 0) is 24.6 Å². The number of ether oxygens (including phenoxy) is 1. The maximum absolute atomic E-state index is 14.0. The minimum Gasteiger partial charge on any atom is -0.493 e. The van der Waals surface area contributed by atoms with E-state index in [4.69, 9.17) is 9.84 Å². The molecular formula is C13H13FN2O3. The summed E-state index contributed by atoms with van der Waals surface area (Å²) in [4.78, 5) is 10.9. The molecule has 0 amide bonds. The van der Waals surface area contributed by atoms with Gasteiger partial charge in [-0.3, -0.25) is 4.68 Å². The normalized spacial score (nSPS) is 10.5. The molecule has 0 spiro atoms. The molecule has 6 heteroatoms. The first-order valence-electron chi connectivity index (χ1n) is 5.56.